The number of rotatable bonds is 4. The van der Waals surface area contributed by atoms with Gasteiger partial charge in [-0.25, -0.2) is 4.98 Å². The van der Waals surface area contributed by atoms with Gasteiger partial charge in [0.25, 0.3) is 0 Å². The van der Waals surface area contributed by atoms with Crippen molar-refractivity contribution in [3.05, 3.63) is 17.2 Å². The van der Waals surface area contributed by atoms with Gasteiger partial charge in [-0.05, 0) is 69.2 Å². The number of nitrogens with two attached hydrogens (primary N) is 1. The van der Waals surface area contributed by atoms with Crippen molar-refractivity contribution >= 4 is 0 Å². The fourth-order valence-corrected chi connectivity index (χ4v) is 5.81. The molecule has 0 spiro atoms. The largest absolute Gasteiger partial charge is 0.346 e. The summed E-state index contributed by atoms with van der Waals surface area (Å²) in [5.74, 6) is 4.08. The first-order valence-electron chi connectivity index (χ1n) is 8.50. The molecule has 0 aromatic carbocycles. The quantitative estimate of drug-likeness (QED) is 0.886. The molecule has 0 amide bonds. The Hall–Kier alpha value is -0.830. The van der Waals surface area contributed by atoms with Gasteiger partial charge in [0.1, 0.15) is 5.82 Å². The smallest absolute Gasteiger partial charge is 0.107 e. The van der Waals surface area contributed by atoms with Crippen LogP contribution in [0.25, 0.3) is 0 Å². The number of aryl methyl sites for hydroxylation is 1. The van der Waals surface area contributed by atoms with Gasteiger partial charge in [0.05, 0.1) is 5.69 Å². The van der Waals surface area contributed by atoms with Gasteiger partial charge in [-0.15, -0.1) is 0 Å². The predicted octanol–water partition coefficient (Wildman–Crippen LogP) is 2.94. The maximum atomic E-state index is 5.71. The number of aromatic amines is 1. The van der Waals surface area contributed by atoms with E-state index in [0.29, 0.717) is 12.0 Å². The summed E-state index contributed by atoms with van der Waals surface area (Å²) in [5.41, 5.74) is 8.96. The summed E-state index contributed by atoms with van der Waals surface area (Å²) in [7, 11) is 0. The zero-order chi connectivity index (χ0) is 13.7. The second kappa shape index (κ2) is 4.59. The Balaban J connectivity index is 1.72. The van der Waals surface area contributed by atoms with Gasteiger partial charge >= 0.3 is 0 Å². The predicted molar refractivity (Wildman–Crippen MR) is 80.6 cm³/mol. The van der Waals surface area contributed by atoms with E-state index in [4.69, 9.17) is 10.7 Å². The molecule has 0 saturated heterocycles. The van der Waals surface area contributed by atoms with Crippen LogP contribution in [0.2, 0.25) is 0 Å². The fourth-order valence-electron chi connectivity index (χ4n) is 5.81. The minimum absolute atomic E-state index is 0.420. The number of hydrogen-bond acceptors (Lipinski definition) is 2. The molecule has 1 aromatic heterocycles. The van der Waals surface area contributed by atoms with Crippen molar-refractivity contribution in [2.45, 2.75) is 63.7 Å². The van der Waals surface area contributed by atoms with E-state index in [0.717, 1.165) is 36.4 Å². The minimum Gasteiger partial charge on any atom is -0.346 e. The Bertz CT molecular complexity index is 467. The van der Waals surface area contributed by atoms with Gasteiger partial charge < -0.3 is 10.7 Å². The molecule has 4 bridgehead atoms. The lowest BCUT2D eigenvalue weighted by Gasteiger charge is -2.56. The van der Waals surface area contributed by atoms with Crippen molar-refractivity contribution in [2.24, 2.45) is 23.5 Å². The zero-order valence-electron chi connectivity index (χ0n) is 12.6. The van der Waals surface area contributed by atoms with E-state index in [9.17, 15) is 0 Å². The number of imidazole rings is 1. The molecule has 0 aliphatic heterocycles. The molecule has 1 heterocycles. The first kappa shape index (κ1) is 12.9. The lowest BCUT2D eigenvalue weighted by molar-refractivity contribution is -0.00745. The third kappa shape index (κ3) is 1.86. The van der Waals surface area contributed by atoms with Gasteiger partial charge in [0.2, 0.25) is 0 Å². The van der Waals surface area contributed by atoms with Gasteiger partial charge in [0.15, 0.2) is 0 Å². The Morgan fingerprint density at radius 3 is 2.25 bits per heavy atom. The van der Waals surface area contributed by atoms with Crippen molar-refractivity contribution < 1.29 is 0 Å². The summed E-state index contributed by atoms with van der Waals surface area (Å²) < 4.78 is 0. The molecule has 3 N–H and O–H groups in total. The lowest BCUT2D eigenvalue weighted by Crippen LogP contribution is -2.49. The fraction of sp³-hybridized carbons (Fsp3) is 0.824. The van der Waals surface area contributed by atoms with Crippen molar-refractivity contribution in [3.8, 4) is 0 Å². The first-order valence-corrected chi connectivity index (χ1v) is 8.50. The SMILES string of the molecule is CCc1[nH]c(CCN)nc1C12CC3CC(CC(C3)C1)C2. The van der Waals surface area contributed by atoms with Crippen LogP contribution in [0.3, 0.4) is 0 Å². The summed E-state index contributed by atoms with van der Waals surface area (Å²) in [6, 6.07) is 0. The third-order valence-corrected chi connectivity index (χ3v) is 6.10. The molecule has 4 aliphatic carbocycles. The topological polar surface area (TPSA) is 54.7 Å². The van der Waals surface area contributed by atoms with Crippen molar-refractivity contribution in [2.75, 3.05) is 6.54 Å². The number of H-pyrrole nitrogens is 1. The second-order valence-corrected chi connectivity index (χ2v) is 7.60. The van der Waals surface area contributed by atoms with Gasteiger partial charge in [-0.3, -0.25) is 0 Å². The standard InChI is InChI=1S/C17H27N3/c1-2-14-16(20-15(19-14)3-4-18)17-8-11-5-12(9-17)7-13(6-11)10-17/h11-13H,2-10,18H2,1H3,(H,19,20). The van der Waals surface area contributed by atoms with Crippen LogP contribution in [0.5, 0.6) is 0 Å². The molecular formula is C17H27N3. The highest BCUT2D eigenvalue weighted by molar-refractivity contribution is 5.29. The molecule has 4 fully saturated rings. The second-order valence-electron chi connectivity index (χ2n) is 7.60. The van der Waals surface area contributed by atoms with Crippen LogP contribution >= 0.6 is 0 Å². The van der Waals surface area contributed by atoms with E-state index in [-0.39, 0.29) is 0 Å². The normalized spacial score (nSPS) is 38.6. The molecular weight excluding hydrogens is 246 g/mol. The molecule has 4 aliphatic rings. The van der Waals surface area contributed by atoms with Crippen LogP contribution in [0.4, 0.5) is 0 Å². The van der Waals surface area contributed by atoms with E-state index in [1.54, 1.807) is 0 Å². The Morgan fingerprint density at radius 2 is 1.75 bits per heavy atom. The molecule has 4 saturated carbocycles. The van der Waals surface area contributed by atoms with E-state index >= 15 is 0 Å². The summed E-state index contributed by atoms with van der Waals surface area (Å²) in [6.45, 7) is 2.95. The number of aromatic nitrogens is 2. The van der Waals surface area contributed by atoms with Crippen LogP contribution in [-0.2, 0) is 18.3 Å². The van der Waals surface area contributed by atoms with Crippen LogP contribution < -0.4 is 5.73 Å². The van der Waals surface area contributed by atoms with Crippen LogP contribution in [-0.4, -0.2) is 16.5 Å². The molecule has 110 valence electrons. The van der Waals surface area contributed by atoms with Crippen LogP contribution in [0, 0.1) is 17.8 Å². The Labute approximate surface area is 121 Å². The van der Waals surface area contributed by atoms with E-state index < -0.39 is 0 Å². The summed E-state index contributed by atoms with van der Waals surface area (Å²) in [5, 5.41) is 0. The molecule has 0 unspecified atom stereocenters. The van der Waals surface area contributed by atoms with Gasteiger partial charge in [-0.2, -0.15) is 0 Å². The Morgan fingerprint density at radius 1 is 1.15 bits per heavy atom. The number of nitrogens with zero attached hydrogens (tertiary/aromatic N) is 1. The molecule has 1 aromatic rings. The molecule has 0 radical (unpaired) electrons. The molecule has 3 nitrogen and oxygen atoms in total. The number of nitrogens with one attached hydrogen (secondary N) is 1. The molecule has 3 heteroatoms. The van der Waals surface area contributed by atoms with Crippen molar-refractivity contribution in [1.29, 1.82) is 0 Å². The lowest BCUT2D eigenvalue weighted by atomic mass is 9.48. The highest BCUT2D eigenvalue weighted by Crippen LogP contribution is 2.60. The van der Waals surface area contributed by atoms with Crippen LogP contribution in [0.1, 0.15) is 62.7 Å². The maximum Gasteiger partial charge on any atom is 0.107 e. The molecule has 5 rings (SSSR count). The minimum atomic E-state index is 0.420. The average Bonchev–Trinajstić information content (AvgIpc) is 2.81. The van der Waals surface area contributed by atoms with Crippen molar-refractivity contribution in [1.82, 2.24) is 9.97 Å². The monoisotopic (exact) mass is 273 g/mol. The average molecular weight is 273 g/mol. The highest BCUT2D eigenvalue weighted by Gasteiger charge is 2.53. The van der Waals surface area contributed by atoms with Gasteiger partial charge in [-0.1, -0.05) is 6.92 Å². The Kier molecular flexibility index (Phi) is 2.95. The molecule has 0 atom stereocenters. The van der Waals surface area contributed by atoms with Crippen LogP contribution in [0.15, 0.2) is 0 Å². The van der Waals surface area contributed by atoms with E-state index in [1.807, 2.05) is 0 Å². The van der Waals surface area contributed by atoms with Gasteiger partial charge in [0, 0.05) is 17.5 Å². The van der Waals surface area contributed by atoms with Crippen molar-refractivity contribution in [3.63, 3.8) is 0 Å². The summed E-state index contributed by atoms with van der Waals surface area (Å²) in [6.07, 6.45) is 10.7. The van der Waals surface area contributed by atoms with E-state index in [1.165, 1.54) is 49.9 Å². The maximum absolute atomic E-state index is 5.71. The molecule has 20 heavy (non-hydrogen) atoms. The van der Waals surface area contributed by atoms with E-state index in [2.05, 4.69) is 11.9 Å². The number of hydrogen-bond donors (Lipinski definition) is 2. The summed E-state index contributed by atoms with van der Waals surface area (Å²) >= 11 is 0. The highest BCUT2D eigenvalue weighted by atomic mass is 15.0. The zero-order valence-corrected chi connectivity index (χ0v) is 12.6. The summed E-state index contributed by atoms with van der Waals surface area (Å²) in [4.78, 5) is 8.59. The first-order chi connectivity index (χ1) is 9.72. The third-order valence-electron chi connectivity index (χ3n) is 6.10.